The minimum Gasteiger partial charge on any atom is -0.347 e. The SMILES string of the molecule is O=C(N[C@H]1CN2CCC1CC2)c1cnc(-c2cc(F)cc(F)c2)s1. The zero-order valence-electron chi connectivity index (χ0n) is 13.0. The van der Waals surface area contributed by atoms with E-state index in [1.165, 1.54) is 18.3 Å². The van der Waals surface area contributed by atoms with Crippen LogP contribution in [-0.2, 0) is 0 Å². The standard InChI is InChI=1S/C17H17F2N3OS/c18-12-5-11(6-13(19)7-12)17-20-8-15(24-17)16(23)21-14-9-22-3-1-10(14)2-4-22/h5-8,10,14H,1-4,9H2,(H,21,23)/t14-/m0/s1. The van der Waals surface area contributed by atoms with Gasteiger partial charge in [0.1, 0.15) is 21.5 Å². The van der Waals surface area contributed by atoms with E-state index in [1.54, 1.807) is 0 Å². The maximum Gasteiger partial charge on any atom is 0.263 e. The number of hydrogen-bond donors (Lipinski definition) is 1. The molecule has 1 atom stereocenters. The summed E-state index contributed by atoms with van der Waals surface area (Å²) in [5.74, 6) is -0.921. The summed E-state index contributed by atoms with van der Waals surface area (Å²) in [6, 6.07) is 3.43. The second-order valence-electron chi connectivity index (χ2n) is 6.41. The van der Waals surface area contributed by atoms with Gasteiger partial charge < -0.3 is 10.2 Å². The number of halogens is 2. The van der Waals surface area contributed by atoms with Crippen molar-refractivity contribution >= 4 is 17.2 Å². The van der Waals surface area contributed by atoms with Crippen molar-refractivity contribution in [3.63, 3.8) is 0 Å². The van der Waals surface area contributed by atoms with Crippen LogP contribution in [0.15, 0.2) is 24.4 Å². The van der Waals surface area contributed by atoms with Crippen LogP contribution >= 0.6 is 11.3 Å². The third-order valence-electron chi connectivity index (χ3n) is 4.81. The molecule has 0 saturated carbocycles. The molecule has 4 heterocycles. The molecule has 0 radical (unpaired) electrons. The number of nitrogens with one attached hydrogen (secondary N) is 1. The van der Waals surface area contributed by atoms with Crippen molar-refractivity contribution in [1.82, 2.24) is 15.2 Å². The average molecular weight is 349 g/mol. The van der Waals surface area contributed by atoms with Crippen molar-refractivity contribution in [2.24, 2.45) is 5.92 Å². The van der Waals surface area contributed by atoms with Gasteiger partial charge in [-0.25, -0.2) is 13.8 Å². The molecule has 1 amide bonds. The molecule has 3 aliphatic heterocycles. The van der Waals surface area contributed by atoms with Crippen molar-refractivity contribution in [2.45, 2.75) is 18.9 Å². The average Bonchev–Trinajstić information content (AvgIpc) is 3.05. The van der Waals surface area contributed by atoms with Gasteiger partial charge in [0.2, 0.25) is 0 Å². The molecule has 4 nitrogen and oxygen atoms in total. The van der Waals surface area contributed by atoms with Gasteiger partial charge in [-0.1, -0.05) is 0 Å². The zero-order valence-corrected chi connectivity index (χ0v) is 13.8. The van der Waals surface area contributed by atoms with Crippen LogP contribution in [0.5, 0.6) is 0 Å². The molecule has 7 heteroatoms. The van der Waals surface area contributed by atoms with E-state index in [0.717, 1.165) is 49.9 Å². The highest BCUT2D eigenvalue weighted by Crippen LogP contribution is 2.29. The summed E-state index contributed by atoms with van der Waals surface area (Å²) in [6.07, 6.45) is 3.72. The number of thiazole rings is 1. The molecule has 3 fully saturated rings. The highest BCUT2D eigenvalue weighted by Gasteiger charge is 2.35. The van der Waals surface area contributed by atoms with E-state index in [9.17, 15) is 13.6 Å². The number of amides is 1. The first-order chi connectivity index (χ1) is 11.6. The van der Waals surface area contributed by atoms with E-state index < -0.39 is 11.6 Å². The molecular formula is C17H17F2N3OS. The van der Waals surface area contributed by atoms with Crippen molar-refractivity contribution in [3.8, 4) is 10.6 Å². The third kappa shape index (κ3) is 3.06. The van der Waals surface area contributed by atoms with E-state index >= 15 is 0 Å². The number of hydrogen-bond acceptors (Lipinski definition) is 4. The number of carbonyl (C=O) groups excluding carboxylic acids is 1. The molecule has 3 saturated heterocycles. The number of aromatic nitrogens is 1. The Hall–Kier alpha value is -1.86. The fraction of sp³-hybridized carbons (Fsp3) is 0.412. The first kappa shape index (κ1) is 15.7. The lowest BCUT2D eigenvalue weighted by atomic mass is 9.84. The Morgan fingerprint density at radius 1 is 1.21 bits per heavy atom. The highest BCUT2D eigenvalue weighted by molar-refractivity contribution is 7.16. The molecule has 24 heavy (non-hydrogen) atoms. The zero-order chi connectivity index (χ0) is 16.7. The number of carbonyl (C=O) groups is 1. The van der Waals surface area contributed by atoms with E-state index in [1.807, 2.05) is 0 Å². The van der Waals surface area contributed by atoms with Crippen LogP contribution < -0.4 is 5.32 Å². The smallest absolute Gasteiger partial charge is 0.263 e. The van der Waals surface area contributed by atoms with E-state index in [-0.39, 0.29) is 11.9 Å². The van der Waals surface area contributed by atoms with Gasteiger partial charge >= 0.3 is 0 Å². The summed E-state index contributed by atoms with van der Waals surface area (Å²) in [5.41, 5.74) is 0.347. The second kappa shape index (κ2) is 6.22. The quantitative estimate of drug-likeness (QED) is 0.927. The van der Waals surface area contributed by atoms with E-state index in [4.69, 9.17) is 0 Å². The number of benzene rings is 1. The van der Waals surface area contributed by atoms with Gasteiger partial charge in [0, 0.05) is 24.2 Å². The predicted octanol–water partition coefficient (Wildman–Crippen LogP) is 2.91. The van der Waals surface area contributed by atoms with Crippen LogP contribution in [0.1, 0.15) is 22.5 Å². The Morgan fingerprint density at radius 2 is 1.92 bits per heavy atom. The van der Waals surface area contributed by atoms with Crippen LogP contribution in [0.3, 0.4) is 0 Å². The van der Waals surface area contributed by atoms with Crippen LogP contribution in [0, 0.1) is 17.6 Å². The number of fused-ring (bicyclic) bond motifs is 3. The first-order valence-corrected chi connectivity index (χ1v) is 8.85. The number of rotatable bonds is 3. The monoisotopic (exact) mass is 349 g/mol. The molecule has 0 spiro atoms. The number of nitrogens with zero attached hydrogens (tertiary/aromatic N) is 2. The Morgan fingerprint density at radius 3 is 2.54 bits per heavy atom. The van der Waals surface area contributed by atoms with E-state index in [0.29, 0.717) is 21.4 Å². The molecule has 0 unspecified atom stereocenters. The lowest BCUT2D eigenvalue weighted by Gasteiger charge is -2.44. The summed E-state index contributed by atoms with van der Waals surface area (Å²) in [4.78, 5) is 19.4. The van der Waals surface area contributed by atoms with Crippen LogP contribution in [-0.4, -0.2) is 41.5 Å². The normalized spacial score (nSPS) is 25.7. The molecule has 3 aliphatic rings. The van der Waals surface area contributed by atoms with E-state index in [2.05, 4.69) is 15.2 Å². The van der Waals surface area contributed by atoms with Gasteiger partial charge in [-0.2, -0.15) is 0 Å². The van der Waals surface area contributed by atoms with Crippen molar-refractivity contribution in [1.29, 1.82) is 0 Å². The molecule has 126 valence electrons. The van der Waals surface area contributed by atoms with Crippen LogP contribution in [0.4, 0.5) is 8.78 Å². The maximum absolute atomic E-state index is 13.3. The van der Waals surface area contributed by atoms with Crippen molar-refractivity contribution in [2.75, 3.05) is 19.6 Å². The fourth-order valence-corrected chi connectivity index (χ4v) is 4.36. The molecule has 1 aromatic carbocycles. The molecule has 1 aromatic heterocycles. The molecule has 2 aromatic rings. The Kier molecular flexibility index (Phi) is 4.05. The lowest BCUT2D eigenvalue weighted by molar-refractivity contribution is 0.0622. The molecule has 2 bridgehead atoms. The summed E-state index contributed by atoms with van der Waals surface area (Å²) < 4.78 is 26.7. The van der Waals surface area contributed by atoms with Gasteiger partial charge in [-0.05, 0) is 44.0 Å². The fourth-order valence-electron chi connectivity index (χ4n) is 3.56. The van der Waals surface area contributed by atoms with Gasteiger partial charge in [-0.3, -0.25) is 4.79 Å². The molecule has 5 rings (SSSR count). The number of piperidine rings is 3. The maximum atomic E-state index is 13.3. The minimum absolute atomic E-state index is 0.158. The molecule has 0 aliphatic carbocycles. The Balaban J connectivity index is 1.49. The Labute approximate surface area is 142 Å². The summed E-state index contributed by atoms with van der Waals surface area (Å²) in [6.45, 7) is 3.14. The van der Waals surface area contributed by atoms with Crippen LogP contribution in [0.25, 0.3) is 10.6 Å². The topological polar surface area (TPSA) is 45.2 Å². The lowest BCUT2D eigenvalue weighted by Crippen LogP contribution is -2.57. The molecular weight excluding hydrogens is 332 g/mol. The highest BCUT2D eigenvalue weighted by atomic mass is 32.1. The van der Waals surface area contributed by atoms with Gasteiger partial charge in [0.15, 0.2) is 0 Å². The molecule has 1 N–H and O–H groups in total. The summed E-state index contributed by atoms with van der Waals surface area (Å²) >= 11 is 1.15. The van der Waals surface area contributed by atoms with Gasteiger partial charge in [0.05, 0.1) is 6.20 Å². The third-order valence-corrected chi connectivity index (χ3v) is 5.86. The second-order valence-corrected chi connectivity index (χ2v) is 7.44. The summed E-state index contributed by atoms with van der Waals surface area (Å²) in [7, 11) is 0. The van der Waals surface area contributed by atoms with Crippen molar-refractivity contribution < 1.29 is 13.6 Å². The minimum atomic E-state index is -0.654. The first-order valence-electron chi connectivity index (χ1n) is 8.04. The Bertz CT molecular complexity index is 751. The largest absolute Gasteiger partial charge is 0.347 e. The summed E-state index contributed by atoms with van der Waals surface area (Å²) in [5, 5.41) is 3.53. The predicted molar refractivity (Wildman–Crippen MR) is 87.9 cm³/mol. The van der Waals surface area contributed by atoms with Crippen molar-refractivity contribution in [3.05, 3.63) is 40.9 Å². The van der Waals surface area contributed by atoms with Gasteiger partial charge in [0.25, 0.3) is 5.91 Å². The van der Waals surface area contributed by atoms with Gasteiger partial charge in [-0.15, -0.1) is 11.3 Å². The van der Waals surface area contributed by atoms with Crippen LogP contribution in [0.2, 0.25) is 0 Å².